The summed E-state index contributed by atoms with van der Waals surface area (Å²) < 4.78 is 44.5. The second-order valence-electron chi connectivity index (χ2n) is 10.4. The quantitative estimate of drug-likeness (QED) is 0.158. The number of allylic oxidation sites excluding steroid dienone is 3. The number of benzene rings is 3. The third-order valence-corrected chi connectivity index (χ3v) is 7.23. The molecule has 44 heavy (non-hydrogen) atoms. The number of hydrogen-bond acceptors (Lipinski definition) is 7. The largest absolute Gasteiger partial charge is 0.497 e. The first-order valence-electron chi connectivity index (χ1n) is 15.0. The minimum absolute atomic E-state index is 0.317. The fraction of sp³-hybridized carbons (Fsp3) is 0.351. The summed E-state index contributed by atoms with van der Waals surface area (Å²) in [5.41, 5.74) is 3.05. The van der Waals surface area contributed by atoms with Crippen LogP contribution in [0.15, 0.2) is 122 Å². The van der Waals surface area contributed by atoms with Crippen molar-refractivity contribution in [2.75, 3.05) is 7.11 Å². The van der Waals surface area contributed by atoms with E-state index in [1.54, 1.807) is 25.9 Å². The smallest absolute Gasteiger partial charge is 0.167 e. The normalized spacial score (nSPS) is 23.7. The van der Waals surface area contributed by atoms with Gasteiger partial charge in [-0.1, -0.05) is 91.0 Å². The summed E-state index contributed by atoms with van der Waals surface area (Å²) in [6, 6.07) is 27.9. The molecule has 1 fully saturated rings. The van der Waals surface area contributed by atoms with Crippen LogP contribution >= 0.6 is 0 Å². The number of ether oxygens (including phenoxy) is 7. The minimum atomic E-state index is -0.590. The maximum absolute atomic E-state index is 6.70. The second-order valence-corrected chi connectivity index (χ2v) is 10.4. The Morgan fingerprint density at radius 1 is 0.455 bits per heavy atom. The first kappa shape index (κ1) is 32.9. The molecule has 3 aromatic carbocycles. The zero-order valence-corrected chi connectivity index (χ0v) is 26.0. The van der Waals surface area contributed by atoms with E-state index < -0.39 is 36.6 Å². The van der Waals surface area contributed by atoms with Crippen molar-refractivity contribution in [3.05, 3.63) is 139 Å². The number of methoxy groups -OCH3 is 1. The molecule has 1 aliphatic rings. The molecule has 0 aliphatic heterocycles. The Morgan fingerprint density at radius 3 is 1.16 bits per heavy atom. The molecule has 0 spiro atoms. The van der Waals surface area contributed by atoms with Gasteiger partial charge in [-0.2, -0.15) is 0 Å². The van der Waals surface area contributed by atoms with Crippen LogP contribution in [0.5, 0.6) is 5.75 Å². The van der Waals surface area contributed by atoms with E-state index in [0.717, 1.165) is 22.4 Å². The summed E-state index contributed by atoms with van der Waals surface area (Å²) in [5, 5.41) is 0. The Balaban J connectivity index is 1.73. The first-order chi connectivity index (χ1) is 21.7. The summed E-state index contributed by atoms with van der Waals surface area (Å²) in [7, 11) is 1.65. The van der Waals surface area contributed by atoms with Crippen LogP contribution in [0.2, 0.25) is 0 Å². The molecule has 3 aromatic rings. The predicted octanol–water partition coefficient (Wildman–Crippen LogP) is 7.52. The molecule has 0 saturated heterocycles. The van der Waals surface area contributed by atoms with Crippen molar-refractivity contribution in [2.24, 2.45) is 0 Å². The van der Waals surface area contributed by atoms with Crippen molar-refractivity contribution in [3.63, 3.8) is 0 Å². The van der Waals surface area contributed by atoms with Crippen molar-refractivity contribution in [1.29, 1.82) is 0 Å². The van der Waals surface area contributed by atoms with E-state index in [2.05, 4.69) is 0 Å². The van der Waals surface area contributed by atoms with Crippen LogP contribution < -0.4 is 4.74 Å². The SMILES string of the molecule is CC=CO[C@H]1[C@H](O/C=C/C)[C@@H](OCc2ccc(OC)cc2)[C@H](OCc2ccccc2)[C@@H](OC=CC)[C@H]1OCc1ccccc1. The van der Waals surface area contributed by atoms with Crippen molar-refractivity contribution in [1.82, 2.24) is 0 Å². The summed E-state index contributed by atoms with van der Waals surface area (Å²) in [6.07, 6.45) is 7.03. The molecule has 234 valence electrons. The van der Waals surface area contributed by atoms with E-state index in [1.807, 2.05) is 124 Å². The lowest BCUT2D eigenvalue weighted by Gasteiger charge is -2.48. The van der Waals surface area contributed by atoms with E-state index in [0.29, 0.717) is 19.8 Å². The zero-order chi connectivity index (χ0) is 31.0. The van der Waals surface area contributed by atoms with Crippen molar-refractivity contribution in [2.45, 2.75) is 77.2 Å². The Hall–Kier alpha value is -4.04. The highest BCUT2D eigenvalue weighted by Gasteiger charge is 2.56. The van der Waals surface area contributed by atoms with Gasteiger partial charge in [0.2, 0.25) is 0 Å². The lowest BCUT2D eigenvalue weighted by atomic mass is 9.83. The molecular weight excluding hydrogens is 556 g/mol. The van der Waals surface area contributed by atoms with Crippen LogP contribution in [0.3, 0.4) is 0 Å². The third-order valence-electron chi connectivity index (χ3n) is 7.23. The van der Waals surface area contributed by atoms with Gasteiger partial charge in [-0.15, -0.1) is 0 Å². The number of hydrogen-bond donors (Lipinski definition) is 0. The van der Waals surface area contributed by atoms with Crippen LogP contribution in [0.1, 0.15) is 37.5 Å². The molecule has 0 amide bonds. The van der Waals surface area contributed by atoms with Gasteiger partial charge >= 0.3 is 0 Å². The third kappa shape index (κ3) is 9.23. The first-order valence-corrected chi connectivity index (χ1v) is 15.0. The van der Waals surface area contributed by atoms with Gasteiger partial charge in [-0.05, 0) is 49.6 Å². The minimum Gasteiger partial charge on any atom is -0.497 e. The van der Waals surface area contributed by atoms with E-state index in [4.69, 9.17) is 33.2 Å². The molecule has 0 N–H and O–H groups in total. The molecule has 7 heteroatoms. The van der Waals surface area contributed by atoms with Crippen LogP contribution in [0.4, 0.5) is 0 Å². The Bertz CT molecular complexity index is 1290. The molecule has 6 atom stereocenters. The second kappa shape index (κ2) is 17.9. The van der Waals surface area contributed by atoms with Gasteiger partial charge in [-0.25, -0.2) is 0 Å². The molecular formula is C37H44O7. The van der Waals surface area contributed by atoms with Gasteiger partial charge in [0.15, 0.2) is 18.3 Å². The number of rotatable bonds is 16. The van der Waals surface area contributed by atoms with Crippen LogP contribution in [-0.4, -0.2) is 43.7 Å². The highest BCUT2D eigenvalue weighted by Crippen LogP contribution is 2.36. The standard InChI is InChI=1S/C37H44O7/c1-5-22-39-32-33(40-23-6-2)36(44-27-30-18-20-31(38-4)21-19-30)37(43-26-29-16-12-9-13-17-29)34(41-24-7-3)35(32)42-25-28-14-10-8-11-15-28/h5-24,32-37H,25-27H2,1-4H3/b22-5?,23-6+,24-7?/t32-,33-,34-,35-,36+,37+/m0/s1. The van der Waals surface area contributed by atoms with E-state index in [-0.39, 0.29) is 0 Å². The fourth-order valence-corrected chi connectivity index (χ4v) is 5.11. The molecule has 1 saturated carbocycles. The fourth-order valence-electron chi connectivity index (χ4n) is 5.11. The highest BCUT2D eigenvalue weighted by atomic mass is 16.6. The highest BCUT2D eigenvalue weighted by molar-refractivity contribution is 5.26. The summed E-state index contributed by atoms with van der Waals surface area (Å²) in [5.74, 6) is 0.780. The average molecular weight is 601 g/mol. The average Bonchev–Trinajstić information content (AvgIpc) is 3.07. The Labute approximate surface area is 261 Å². The van der Waals surface area contributed by atoms with E-state index in [9.17, 15) is 0 Å². The molecule has 0 bridgehead atoms. The van der Waals surface area contributed by atoms with Crippen molar-refractivity contribution < 1.29 is 33.2 Å². The van der Waals surface area contributed by atoms with Gasteiger partial charge in [0.25, 0.3) is 0 Å². The summed E-state index contributed by atoms with van der Waals surface area (Å²) in [6.45, 7) is 6.75. The van der Waals surface area contributed by atoms with Crippen LogP contribution in [0.25, 0.3) is 0 Å². The predicted molar refractivity (Wildman–Crippen MR) is 171 cm³/mol. The lowest BCUT2D eigenvalue weighted by molar-refractivity contribution is -0.264. The summed E-state index contributed by atoms with van der Waals surface area (Å²) >= 11 is 0. The van der Waals surface area contributed by atoms with Gasteiger partial charge in [-0.3, -0.25) is 0 Å². The van der Waals surface area contributed by atoms with E-state index >= 15 is 0 Å². The summed E-state index contributed by atoms with van der Waals surface area (Å²) in [4.78, 5) is 0. The molecule has 4 rings (SSSR count). The molecule has 0 aromatic heterocycles. The van der Waals surface area contributed by atoms with E-state index in [1.165, 1.54) is 0 Å². The lowest BCUT2D eigenvalue weighted by Crippen LogP contribution is -2.66. The molecule has 0 radical (unpaired) electrons. The van der Waals surface area contributed by atoms with Gasteiger partial charge in [0.05, 0.1) is 45.7 Å². The Kier molecular flexibility index (Phi) is 13.4. The van der Waals surface area contributed by atoms with Crippen molar-refractivity contribution >= 4 is 0 Å². The molecule has 0 heterocycles. The maximum atomic E-state index is 6.70. The van der Waals surface area contributed by atoms with Gasteiger partial charge in [0, 0.05) is 0 Å². The van der Waals surface area contributed by atoms with Crippen LogP contribution in [-0.2, 0) is 48.2 Å². The zero-order valence-electron chi connectivity index (χ0n) is 26.0. The van der Waals surface area contributed by atoms with Gasteiger partial charge < -0.3 is 33.2 Å². The van der Waals surface area contributed by atoms with Gasteiger partial charge in [0.1, 0.15) is 24.1 Å². The topological polar surface area (TPSA) is 64.6 Å². The molecule has 1 aliphatic carbocycles. The Morgan fingerprint density at radius 2 is 0.795 bits per heavy atom. The monoisotopic (exact) mass is 600 g/mol. The molecule has 0 unspecified atom stereocenters. The van der Waals surface area contributed by atoms with Crippen molar-refractivity contribution in [3.8, 4) is 5.75 Å². The van der Waals surface area contributed by atoms with Crippen LogP contribution in [0, 0.1) is 0 Å². The maximum Gasteiger partial charge on any atom is 0.167 e. The molecule has 7 nitrogen and oxygen atoms in total.